The van der Waals surface area contributed by atoms with Gasteiger partial charge in [-0.15, -0.1) is 0 Å². The number of methoxy groups -OCH3 is 1. The molecule has 0 atom stereocenters. The van der Waals surface area contributed by atoms with Gasteiger partial charge in [-0.25, -0.2) is 0 Å². The van der Waals surface area contributed by atoms with Gasteiger partial charge in [0, 0.05) is 0 Å². The van der Waals surface area contributed by atoms with E-state index in [9.17, 15) is 14.9 Å². The molecule has 132 valence electrons. The number of nitrogens with one attached hydrogen (secondary N) is 1. The van der Waals surface area contributed by atoms with E-state index in [0.717, 1.165) is 11.1 Å². The zero-order chi connectivity index (χ0) is 18.6. The van der Waals surface area contributed by atoms with E-state index in [-0.39, 0.29) is 11.4 Å². The standard InChI is InChI=1S/C17H17ClN2O5/c1-10-6-11(2)17(13(18)7-10)19-16(21)9-25-15-5-4-12(24-3)8-14(15)20(22)23/h4-8H,9H2,1-3H3,(H,19,21). The summed E-state index contributed by atoms with van der Waals surface area (Å²) in [6.45, 7) is 3.33. The van der Waals surface area contributed by atoms with Gasteiger partial charge in [-0.05, 0) is 43.2 Å². The van der Waals surface area contributed by atoms with Gasteiger partial charge in [0.1, 0.15) is 5.75 Å². The summed E-state index contributed by atoms with van der Waals surface area (Å²) >= 11 is 6.14. The highest BCUT2D eigenvalue weighted by Gasteiger charge is 2.18. The first-order valence-electron chi connectivity index (χ1n) is 7.33. The third-order valence-corrected chi connectivity index (χ3v) is 3.72. The van der Waals surface area contributed by atoms with Crippen LogP contribution in [-0.2, 0) is 4.79 Å². The Kier molecular flexibility index (Phi) is 5.82. The van der Waals surface area contributed by atoms with Crippen molar-refractivity contribution in [2.75, 3.05) is 19.0 Å². The molecule has 0 radical (unpaired) electrons. The third-order valence-electron chi connectivity index (χ3n) is 3.42. The van der Waals surface area contributed by atoms with E-state index in [1.807, 2.05) is 19.9 Å². The largest absolute Gasteiger partial charge is 0.496 e. The Morgan fingerprint density at radius 2 is 2.00 bits per heavy atom. The van der Waals surface area contributed by atoms with Gasteiger partial charge in [0.05, 0.1) is 28.8 Å². The van der Waals surface area contributed by atoms with Crippen molar-refractivity contribution in [3.05, 3.63) is 56.6 Å². The Morgan fingerprint density at radius 1 is 1.28 bits per heavy atom. The maximum atomic E-state index is 12.1. The van der Waals surface area contributed by atoms with Gasteiger partial charge in [-0.1, -0.05) is 17.7 Å². The van der Waals surface area contributed by atoms with Gasteiger partial charge in [0.2, 0.25) is 0 Å². The Hall–Kier alpha value is -2.80. The Balaban J connectivity index is 2.09. The number of hydrogen-bond acceptors (Lipinski definition) is 5. The molecule has 0 bridgehead atoms. The van der Waals surface area contributed by atoms with Crippen LogP contribution in [0.15, 0.2) is 30.3 Å². The van der Waals surface area contributed by atoms with Crippen molar-refractivity contribution in [2.24, 2.45) is 0 Å². The molecule has 25 heavy (non-hydrogen) atoms. The van der Waals surface area contributed by atoms with Crippen molar-refractivity contribution in [2.45, 2.75) is 13.8 Å². The van der Waals surface area contributed by atoms with Crippen LogP contribution < -0.4 is 14.8 Å². The van der Waals surface area contributed by atoms with Crippen LogP contribution in [0, 0.1) is 24.0 Å². The molecule has 0 aliphatic heterocycles. The number of hydrogen-bond donors (Lipinski definition) is 1. The maximum Gasteiger partial charge on any atom is 0.314 e. The minimum absolute atomic E-state index is 0.0207. The van der Waals surface area contributed by atoms with E-state index in [2.05, 4.69) is 5.32 Å². The molecule has 0 aliphatic rings. The number of amides is 1. The van der Waals surface area contributed by atoms with Crippen molar-refractivity contribution in [3.63, 3.8) is 0 Å². The average Bonchev–Trinajstić information content (AvgIpc) is 2.55. The van der Waals surface area contributed by atoms with Gasteiger partial charge < -0.3 is 14.8 Å². The molecule has 0 saturated heterocycles. The molecule has 0 spiro atoms. The Morgan fingerprint density at radius 3 is 2.60 bits per heavy atom. The zero-order valence-corrected chi connectivity index (χ0v) is 14.7. The number of ether oxygens (including phenoxy) is 2. The van der Waals surface area contributed by atoms with Crippen LogP contribution in [0.4, 0.5) is 11.4 Å². The summed E-state index contributed by atoms with van der Waals surface area (Å²) in [5.74, 6) is -0.169. The van der Waals surface area contributed by atoms with Crippen LogP contribution in [-0.4, -0.2) is 24.5 Å². The van der Waals surface area contributed by atoms with Crippen LogP contribution in [0.5, 0.6) is 11.5 Å². The van der Waals surface area contributed by atoms with E-state index in [0.29, 0.717) is 16.5 Å². The van der Waals surface area contributed by atoms with Crippen LogP contribution in [0.2, 0.25) is 5.02 Å². The van der Waals surface area contributed by atoms with Crippen molar-refractivity contribution in [3.8, 4) is 11.5 Å². The lowest BCUT2D eigenvalue weighted by Gasteiger charge is -2.12. The second kappa shape index (κ2) is 7.85. The van der Waals surface area contributed by atoms with Crippen molar-refractivity contribution in [1.82, 2.24) is 0 Å². The Labute approximate surface area is 149 Å². The van der Waals surface area contributed by atoms with Gasteiger partial charge in [0.15, 0.2) is 12.4 Å². The molecule has 2 aromatic rings. The normalized spacial score (nSPS) is 10.2. The quantitative estimate of drug-likeness (QED) is 0.620. The molecule has 0 aliphatic carbocycles. The smallest absolute Gasteiger partial charge is 0.314 e. The van der Waals surface area contributed by atoms with E-state index in [1.165, 1.54) is 25.3 Å². The number of anilines is 1. The highest BCUT2D eigenvalue weighted by molar-refractivity contribution is 6.34. The van der Waals surface area contributed by atoms with E-state index in [1.54, 1.807) is 6.07 Å². The number of rotatable bonds is 6. The van der Waals surface area contributed by atoms with E-state index in [4.69, 9.17) is 21.1 Å². The zero-order valence-electron chi connectivity index (χ0n) is 14.0. The number of benzene rings is 2. The number of carbonyl (C=O) groups is 1. The highest BCUT2D eigenvalue weighted by atomic mass is 35.5. The lowest BCUT2D eigenvalue weighted by Crippen LogP contribution is -2.21. The average molecular weight is 365 g/mol. The molecule has 0 heterocycles. The first-order valence-corrected chi connectivity index (χ1v) is 7.71. The predicted octanol–water partition coefficient (Wildman–Crippen LogP) is 3.89. The van der Waals surface area contributed by atoms with Crippen LogP contribution in [0.1, 0.15) is 11.1 Å². The van der Waals surface area contributed by atoms with Crippen LogP contribution >= 0.6 is 11.6 Å². The number of nitro benzene ring substituents is 1. The van der Waals surface area contributed by atoms with Crippen LogP contribution in [0.3, 0.4) is 0 Å². The first-order chi connectivity index (χ1) is 11.8. The third kappa shape index (κ3) is 4.60. The van der Waals surface area contributed by atoms with Crippen molar-refractivity contribution >= 4 is 28.9 Å². The number of carbonyl (C=O) groups excluding carboxylic acids is 1. The Bertz CT molecular complexity index is 800. The van der Waals surface area contributed by atoms with Crippen molar-refractivity contribution < 1.29 is 19.2 Å². The summed E-state index contributed by atoms with van der Waals surface area (Å²) in [6, 6.07) is 7.75. The molecule has 8 heteroatoms. The fourth-order valence-corrected chi connectivity index (χ4v) is 2.65. The van der Waals surface area contributed by atoms with Gasteiger partial charge in [-0.3, -0.25) is 14.9 Å². The number of nitro groups is 1. The van der Waals surface area contributed by atoms with E-state index >= 15 is 0 Å². The summed E-state index contributed by atoms with van der Waals surface area (Å²) in [5.41, 5.74) is 2.00. The van der Waals surface area contributed by atoms with Gasteiger partial charge >= 0.3 is 5.69 Å². The molecule has 7 nitrogen and oxygen atoms in total. The summed E-state index contributed by atoms with van der Waals surface area (Å²) < 4.78 is 10.2. The topological polar surface area (TPSA) is 90.7 Å². The second-order valence-electron chi connectivity index (χ2n) is 5.37. The highest BCUT2D eigenvalue weighted by Crippen LogP contribution is 2.31. The van der Waals surface area contributed by atoms with Gasteiger partial charge in [0.25, 0.3) is 5.91 Å². The van der Waals surface area contributed by atoms with E-state index < -0.39 is 17.4 Å². The summed E-state index contributed by atoms with van der Waals surface area (Å²) in [5, 5.41) is 14.2. The second-order valence-corrected chi connectivity index (χ2v) is 5.77. The monoisotopic (exact) mass is 364 g/mol. The fourth-order valence-electron chi connectivity index (χ4n) is 2.28. The summed E-state index contributed by atoms with van der Waals surface area (Å²) in [7, 11) is 1.40. The molecule has 0 aromatic heterocycles. The number of halogens is 1. The number of nitrogens with zero attached hydrogens (tertiary/aromatic N) is 1. The molecule has 1 amide bonds. The molecule has 2 rings (SSSR count). The molecular weight excluding hydrogens is 348 g/mol. The first kappa shape index (κ1) is 18.5. The lowest BCUT2D eigenvalue weighted by molar-refractivity contribution is -0.385. The minimum Gasteiger partial charge on any atom is -0.496 e. The lowest BCUT2D eigenvalue weighted by atomic mass is 10.1. The minimum atomic E-state index is -0.600. The predicted molar refractivity (Wildman–Crippen MR) is 94.7 cm³/mol. The van der Waals surface area contributed by atoms with Crippen molar-refractivity contribution in [1.29, 1.82) is 0 Å². The SMILES string of the molecule is COc1ccc(OCC(=O)Nc2c(C)cc(C)cc2Cl)c([N+](=O)[O-])c1. The van der Waals surface area contributed by atoms with Gasteiger partial charge in [-0.2, -0.15) is 0 Å². The molecule has 0 saturated carbocycles. The fraction of sp³-hybridized carbons (Fsp3) is 0.235. The molecule has 0 unspecified atom stereocenters. The molecule has 2 aromatic carbocycles. The van der Waals surface area contributed by atoms with Crippen LogP contribution in [0.25, 0.3) is 0 Å². The summed E-state index contributed by atoms with van der Waals surface area (Å²) in [4.78, 5) is 22.6. The molecular formula is C17H17ClN2O5. The summed E-state index contributed by atoms with van der Waals surface area (Å²) in [6.07, 6.45) is 0. The number of aryl methyl sites for hydroxylation is 2. The molecule has 1 N–H and O–H groups in total. The molecule has 0 fully saturated rings. The maximum absolute atomic E-state index is 12.1.